The summed E-state index contributed by atoms with van der Waals surface area (Å²) in [5.41, 5.74) is 9.37. The predicted octanol–water partition coefficient (Wildman–Crippen LogP) is 11.6. The van der Waals surface area contributed by atoms with Crippen molar-refractivity contribution in [2.45, 2.75) is 0 Å². The molecule has 0 saturated carbocycles. The van der Waals surface area contributed by atoms with Crippen molar-refractivity contribution >= 4 is 32.3 Å². The summed E-state index contributed by atoms with van der Waals surface area (Å²) < 4.78 is 1.15. The zero-order chi connectivity index (χ0) is 32.6. The predicted molar refractivity (Wildman–Crippen MR) is 203 cm³/mol. The minimum Gasteiger partial charge on any atom is -0.235 e. The van der Waals surface area contributed by atoms with Crippen molar-refractivity contribution < 1.29 is 0 Å². The second-order valence-electron chi connectivity index (χ2n) is 11.9. The van der Waals surface area contributed by atoms with Gasteiger partial charge >= 0.3 is 0 Å². The Bertz CT molecular complexity index is 2530. The van der Waals surface area contributed by atoms with E-state index in [0.717, 1.165) is 59.7 Å². The molecule has 0 saturated heterocycles. The van der Waals surface area contributed by atoms with Crippen molar-refractivity contribution in [1.29, 1.82) is 0 Å². The van der Waals surface area contributed by atoms with E-state index in [1.165, 1.54) is 10.8 Å². The van der Waals surface area contributed by atoms with Gasteiger partial charge in [0.05, 0.1) is 10.2 Å². The quantitative estimate of drug-likeness (QED) is 0.181. The first-order valence-corrected chi connectivity index (χ1v) is 17.0. The van der Waals surface area contributed by atoms with Gasteiger partial charge in [0.15, 0.2) is 17.5 Å². The standard InChI is InChI=1S/C44H28N4S/c1-4-15-30(16-5-1)41-46-42(31-17-6-2-7-18-31)48-43(47-41)33-26-27-36(38(28-33)35-23-12-21-29-14-10-11-22-34(29)35)37-24-13-25-39-40(37)45-44(49-39)32-19-8-3-9-20-32/h1-28H. The SMILES string of the molecule is c1ccc(-c2nc(-c3ccccc3)nc(-c3ccc(-c4cccc5sc(-c6ccccc6)nc45)c(-c4cccc5ccccc45)c3)n2)cc1. The molecule has 0 unspecified atom stereocenters. The lowest BCUT2D eigenvalue weighted by Gasteiger charge is -2.16. The van der Waals surface area contributed by atoms with E-state index in [1.54, 1.807) is 11.3 Å². The normalized spacial score (nSPS) is 11.3. The van der Waals surface area contributed by atoms with E-state index in [2.05, 4.69) is 103 Å². The maximum absolute atomic E-state index is 5.21. The average molecular weight is 645 g/mol. The van der Waals surface area contributed by atoms with Gasteiger partial charge in [-0.25, -0.2) is 19.9 Å². The molecule has 9 aromatic rings. The number of para-hydroxylation sites is 1. The number of benzene rings is 7. The molecular weight excluding hydrogens is 617 g/mol. The number of thiazole rings is 1. The third-order valence-electron chi connectivity index (χ3n) is 8.79. The molecule has 49 heavy (non-hydrogen) atoms. The molecule has 0 N–H and O–H groups in total. The Morgan fingerprint density at radius 3 is 1.59 bits per heavy atom. The van der Waals surface area contributed by atoms with Gasteiger partial charge in [-0.3, -0.25) is 0 Å². The fourth-order valence-electron chi connectivity index (χ4n) is 6.41. The molecule has 4 nitrogen and oxygen atoms in total. The summed E-state index contributed by atoms with van der Waals surface area (Å²) in [5.74, 6) is 1.90. The lowest BCUT2D eigenvalue weighted by Crippen LogP contribution is -2.00. The molecule has 0 bridgehead atoms. The van der Waals surface area contributed by atoms with Crippen LogP contribution in [0, 0.1) is 0 Å². The molecule has 7 aromatic carbocycles. The topological polar surface area (TPSA) is 51.6 Å². The second kappa shape index (κ2) is 12.4. The van der Waals surface area contributed by atoms with Crippen molar-refractivity contribution in [3.63, 3.8) is 0 Å². The fraction of sp³-hybridized carbons (Fsp3) is 0. The molecule has 2 aromatic heterocycles. The van der Waals surface area contributed by atoms with Crippen LogP contribution in [-0.2, 0) is 0 Å². The van der Waals surface area contributed by atoms with Crippen LogP contribution in [0.5, 0.6) is 0 Å². The van der Waals surface area contributed by atoms with Gasteiger partial charge in [-0.1, -0.05) is 158 Å². The highest BCUT2D eigenvalue weighted by Crippen LogP contribution is 2.42. The van der Waals surface area contributed by atoms with Gasteiger partial charge in [-0.2, -0.15) is 0 Å². The van der Waals surface area contributed by atoms with Crippen molar-refractivity contribution in [2.24, 2.45) is 0 Å². The summed E-state index contributed by atoms with van der Waals surface area (Å²) in [4.78, 5) is 20.2. The lowest BCUT2D eigenvalue weighted by atomic mass is 9.89. The summed E-state index contributed by atoms with van der Waals surface area (Å²) in [6.45, 7) is 0. The van der Waals surface area contributed by atoms with Gasteiger partial charge in [-0.05, 0) is 39.6 Å². The second-order valence-corrected chi connectivity index (χ2v) is 12.9. The highest BCUT2D eigenvalue weighted by molar-refractivity contribution is 7.21. The molecule has 0 atom stereocenters. The van der Waals surface area contributed by atoms with E-state index >= 15 is 0 Å². The summed E-state index contributed by atoms with van der Waals surface area (Å²) in [6, 6.07) is 58.7. The molecule has 2 heterocycles. The van der Waals surface area contributed by atoms with Gasteiger partial charge in [0.1, 0.15) is 5.01 Å². The number of nitrogens with zero attached hydrogens (tertiary/aromatic N) is 4. The number of hydrogen-bond acceptors (Lipinski definition) is 5. The van der Waals surface area contributed by atoms with Crippen LogP contribution in [-0.4, -0.2) is 19.9 Å². The van der Waals surface area contributed by atoms with Gasteiger partial charge in [-0.15, -0.1) is 11.3 Å². The van der Waals surface area contributed by atoms with E-state index in [-0.39, 0.29) is 0 Å². The van der Waals surface area contributed by atoms with Crippen LogP contribution in [0.1, 0.15) is 0 Å². The van der Waals surface area contributed by atoms with Crippen LogP contribution in [0.4, 0.5) is 0 Å². The minimum atomic E-state index is 0.624. The Morgan fingerprint density at radius 2 is 0.898 bits per heavy atom. The molecule has 0 aliphatic heterocycles. The van der Waals surface area contributed by atoms with E-state index in [4.69, 9.17) is 19.9 Å². The Morgan fingerprint density at radius 1 is 0.347 bits per heavy atom. The Balaban J connectivity index is 1.28. The van der Waals surface area contributed by atoms with Crippen LogP contribution in [0.15, 0.2) is 170 Å². The van der Waals surface area contributed by atoms with Crippen molar-refractivity contribution in [3.05, 3.63) is 170 Å². The van der Waals surface area contributed by atoms with Crippen molar-refractivity contribution in [1.82, 2.24) is 19.9 Å². The van der Waals surface area contributed by atoms with Crippen molar-refractivity contribution in [2.75, 3.05) is 0 Å². The molecule has 9 rings (SSSR count). The van der Waals surface area contributed by atoms with Gasteiger partial charge < -0.3 is 0 Å². The maximum atomic E-state index is 5.21. The largest absolute Gasteiger partial charge is 0.235 e. The first kappa shape index (κ1) is 28.9. The van der Waals surface area contributed by atoms with E-state index in [9.17, 15) is 0 Å². The summed E-state index contributed by atoms with van der Waals surface area (Å²) >= 11 is 1.72. The first-order chi connectivity index (χ1) is 24.3. The Kier molecular flexibility index (Phi) is 7.30. The molecule has 0 fully saturated rings. The summed E-state index contributed by atoms with van der Waals surface area (Å²) in [5, 5.41) is 3.38. The third kappa shape index (κ3) is 5.46. The average Bonchev–Trinajstić information content (AvgIpc) is 3.63. The number of fused-ring (bicyclic) bond motifs is 2. The molecule has 0 amide bonds. The maximum Gasteiger partial charge on any atom is 0.164 e. The monoisotopic (exact) mass is 644 g/mol. The van der Waals surface area contributed by atoms with Crippen LogP contribution < -0.4 is 0 Å². The summed E-state index contributed by atoms with van der Waals surface area (Å²) in [7, 11) is 0. The van der Waals surface area contributed by atoms with Gasteiger partial charge in [0.25, 0.3) is 0 Å². The van der Waals surface area contributed by atoms with E-state index < -0.39 is 0 Å². The fourth-order valence-corrected chi connectivity index (χ4v) is 7.41. The van der Waals surface area contributed by atoms with Crippen LogP contribution in [0.3, 0.4) is 0 Å². The first-order valence-electron chi connectivity index (χ1n) is 16.2. The molecule has 0 aliphatic carbocycles. The summed E-state index contributed by atoms with van der Waals surface area (Å²) in [6.07, 6.45) is 0. The van der Waals surface area contributed by atoms with Crippen molar-refractivity contribution in [3.8, 4) is 67.0 Å². The molecule has 0 aliphatic rings. The Hall–Kier alpha value is -6.30. The zero-order valence-electron chi connectivity index (χ0n) is 26.4. The molecule has 0 radical (unpaired) electrons. The molecule has 5 heteroatoms. The van der Waals surface area contributed by atoms with Gasteiger partial charge in [0.2, 0.25) is 0 Å². The Labute approximate surface area is 288 Å². The highest BCUT2D eigenvalue weighted by atomic mass is 32.1. The molecule has 0 spiro atoms. The van der Waals surface area contributed by atoms with Crippen LogP contribution in [0.2, 0.25) is 0 Å². The zero-order valence-corrected chi connectivity index (χ0v) is 27.2. The minimum absolute atomic E-state index is 0.624. The molecular formula is C44H28N4S. The van der Waals surface area contributed by atoms with Crippen LogP contribution in [0.25, 0.3) is 88.0 Å². The van der Waals surface area contributed by atoms with Gasteiger partial charge in [0, 0.05) is 27.8 Å². The number of aromatic nitrogens is 4. The molecule has 230 valence electrons. The smallest absolute Gasteiger partial charge is 0.164 e. The van der Waals surface area contributed by atoms with Crippen LogP contribution >= 0.6 is 11.3 Å². The number of rotatable bonds is 6. The van der Waals surface area contributed by atoms with E-state index in [1.807, 2.05) is 66.7 Å². The lowest BCUT2D eigenvalue weighted by molar-refractivity contribution is 1.07. The van der Waals surface area contributed by atoms with E-state index in [0.29, 0.717) is 17.5 Å². The third-order valence-corrected chi connectivity index (χ3v) is 9.86. The highest BCUT2D eigenvalue weighted by Gasteiger charge is 2.19. The number of hydrogen-bond donors (Lipinski definition) is 0.